The molecule has 5 atom stereocenters. The minimum Gasteiger partial charge on any atom is -0.463 e. The summed E-state index contributed by atoms with van der Waals surface area (Å²) in [6.07, 6.45) is -2.60. The predicted octanol–water partition coefficient (Wildman–Crippen LogP) is 3.07. The van der Waals surface area contributed by atoms with E-state index in [1.807, 2.05) is 67.6 Å². The van der Waals surface area contributed by atoms with Crippen molar-refractivity contribution in [2.75, 3.05) is 6.61 Å². The number of benzene rings is 2. The minimum absolute atomic E-state index is 0.0102. The summed E-state index contributed by atoms with van der Waals surface area (Å²) in [6, 6.07) is 19.6. The highest BCUT2D eigenvalue weighted by molar-refractivity contribution is 5.65. The second-order valence-corrected chi connectivity index (χ2v) is 7.25. The third-order valence-electron chi connectivity index (χ3n) is 4.99. The summed E-state index contributed by atoms with van der Waals surface area (Å²) < 4.78 is 23.2. The molecule has 2 aromatic carbocycles. The van der Waals surface area contributed by atoms with Crippen LogP contribution >= 0.6 is 0 Å². The monoisotopic (exact) mass is 400 g/mol. The maximum Gasteiger partial charge on any atom is 0.302 e. The Bertz CT molecular complexity index is 750. The number of aliphatic hydroxyl groups excluding tert-OH is 1. The van der Waals surface area contributed by atoms with E-state index in [0.29, 0.717) is 13.2 Å². The smallest absolute Gasteiger partial charge is 0.302 e. The van der Waals surface area contributed by atoms with Crippen molar-refractivity contribution in [3.8, 4) is 0 Å². The summed E-state index contributed by atoms with van der Waals surface area (Å²) in [5.41, 5.74) is 2.04. The zero-order valence-corrected chi connectivity index (χ0v) is 16.8. The molecule has 6 nitrogen and oxygen atoms in total. The Morgan fingerprint density at radius 2 is 1.45 bits per heavy atom. The molecule has 29 heavy (non-hydrogen) atoms. The molecule has 6 heteroatoms. The molecule has 156 valence electrons. The fourth-order valence-corrected chi connectivity index (χ4v) is 3.37. The zero-order valence-electron chi connectivity index (χ0n) is 16.8. The zero-order chi connectivity index (χ0) is 20.6. The van der Waals surface area contributed by atoms with E-state index in [-0.39, 0.29) is 12.5 Å². The number of carbonyl (C=O) groups is 1. The van der Waals surface area contributed by atoms with Gasteiger partial charge >= 0.3 is 5.97 Å². The van der Waals surface area contributed by atoms with Crippen LogP contribution in [0.25, 0.3) is 0 Å². The highest BCUT2D eigenvalue weighted by Gasteiger charge is 2.45. The van der Waals surface area contributed by atoms with Gasteiger partial charge in [-0.15, -0.1) is 0 Å². The molecule has 1 aliphatic heterocycles. The number of aliphatic hydroxyl groups is 1. The fraction of sp³-hybridized carbons (Fsp3) is 0.435. The summed E-state index contributed by atoms with van der Waals surface area (Å²) in [5, 5.41) is 10.4. The first-order valence-electron chi connectivity index (χ1n) is 9.82. The van der Waals surface area contributed by atoms with Gasteiger partial charge < -0.3 is 24.1 Å². The lowest BCUT2D eigenvalue weighted by Crippen LogP contribution is -2.57. The van der Waals surface area contributed by atoms with E-state index in [4.69, 9.17) is 18.9 Å². The Balaban J connectivity index is 1.75. The van der Waals surface area contributed by atoms with Gasteiger partial charge in [0.25, 0.3) is 0 Å². The van der Waals surface area contributed by atoms with Crippen LogP contribution in [0.3, 0.4) is 0 Å². The van der Waals surface area contributed by atoms with Gasteiger partial charge in [-0.2, -0.15) is 0 Å². The number of hydrogen-bond donors (Lipinski definition) is 1. The average molecular weight is 400 g/mol. The first-order chi connectivity index (χ1) is 14.0. The van der Waals surface area contributed by atoms with E-state index < -0.39 is 30.6 Å². The topological polar surface area (TPSA) is 74.2 Å². The molecule has 1 saturated heterocycles. The van der Waals surface area contributed by atoms with Crippen LogP contribution in [0.2, 0.25) is 0 Å². The van der Waals surface area contributed by atoms with E-state index in [1.165, 1.54) is 6.92 Å². The summed E-state index contributed by atoms with van der Waals surface area (Å²) in [5.74, 6) is -0.724. The molecule has 0 spiro atoms. The van der Waals surface area contributed by atoms with Gasteiger partial charge in [0.05, 0.1) is 19.3 Å². The van der Waals surface area contributed by atoms with Gasteiger partial charge in [-0.05, 0) is 11.1 Å². The van der Waals surface area contributed by atoms with E-state index in [0.717, 1.165) is 11.1 Å². The standard InChI is InChI=1S/C23H28O6/c1-16-21(27-13-18-9-5-3-6-10-18)22(28-14-19-11-7-4-8-12-19)20(29-23(16)25)15-26-17(2)24/h3-12,16,20-23,25H,13-15H2,1-2H3/t16-,20-,21-,22-,23?/m1/s1. The molecule has 0 saturated carbocycles. The highest BCUT2D eigenvalue weighted by Crippen LogP contribution is 2.31. The van der Waals surface area contributed by atoms with Crippen molar-refractivity contribution >= 4 is 5.97 Å². The number of ether oxygens (including phenoxy) is 4. The molecule has 0 aliphatic carbocycles. The van der Waals surface area contributed by atoms with Gasteiger partial charge in [0.1, 0.15) is 18.8 Å². The lowest BCUT2D eigenvalue weighted by atomic mass is 9.92. The van der Waals surface area contributed by atoms with Gasteiger partial charge in [-0.25, -0.2) is 0 Å². The third-order valence-corrected chi connectivity index (χ3v) is 4.99. The SMILES string of the molecule is CC(=O)OC[C@H]1OC(O)[C@H](C)[C@@H](OCc2ccccc2)[C@@H]1OCc1ccccc1. The first kappa shape index (κ1) is 21.5. The Morgan fingerprint density at radius 3 is 1.97 bits per heavy atom. The van der Waals surface area contributed by atoms with E-state index >= 15 is 0 Å². The van der Waals surface area contributed by atoms with Gasteiger partial charge in [-0.1, -0.05) is 67.6 Å². The Hall–Kier alpha value is -2.25. The molecule has 1 heterocycles. The molecular weight excluding hydrogens is 372 g/mol. The molecule has 0 bridgehead atoms. The summed E-state index contributed by atoms with van der Waals surface area (Å²) in [7, 11) is 0. The fourth-order valence-electron chi connectivity index (χ4n) is 3.37. The Kier molecular flexibility index (Phi) is 7.77. The number of hydrogen-bond acceptors (Lipinski definition) is 6. The summed E-state index contributed by atoms with van der Waals surface area (Å²) in [6.45, 7) is 3.93. The van der Waals surface area contributed by atoms with Gasteiger partial charge in [0, 0.05) is 12.8 Å². The van der Waals surface area contributed by atoms with Crippen molar-refractivity contribution in [2.24, 2.45) is 5.92 Å². The van der Waals surface area contributed by atoms with Crippen LogP contribution in [0.4, 0.5) is 0 Å². The normalized spacial score (nSPS) is 26.8. The van der Waals surface area contributed by atoms with Crippen LogP contribution < -0.4 is 0 Å². The van der Waals surface area contributed by atoms with Crippen LogP contribution in [0, 0.1) is 5.92 Å². The molecule has 1 aliphatic rings. The van der Waals surface area contributed by atoms with Crippen LogP contribution in [0.15, 0.2) is 60.7 Å². The lowest BCUT2D eigenvalue weighted by molar-refractivity contribution is -0.287. The van der Waals surface area contributed by atoms with Crippen molar-refractivity contribution in [1.82, 2.24) is 0 Å². The number of carbonyl (C=O) groups excluding carboxylic acids is 1. The van der Waals surface area contributed by atoms with Crippen LogP contribution in [0.1, 0.15) is 25.0 Å². The van der Waals surface area contributed by atoms with Crippen molar-refractivity contribution in [1.29, 1.82) is 0 Å². The molecule has 3 rings (SSSR count). The van der Waals surface area contributed by atoms with Crippen LogP contribution in [-0.2, 0) is 37.0 Å². The average Bonchev–Trinajstić information content (AvgIpc) is 2.74. The number of rotatable bonds is 8. The lowest BCUT2D eigenvalue weighted by Gasteiger charge is -2.43. The molecule has 0 radical (unpaired) electrons. The van der Waals surface area contributed by atoms with Crippen LogP contribution in [0.5, 0.6) is 0 Å². The second kappa shape index (κ2) is 10.5. The maximum atomic E-state index is 11.3. The summed E-state index contributed by atoms with van der Waals surface area (Å²) >= 11 is 0. The predicted molar refractivity (Wildman–Crippen MR) is 107 cm³/mol. The van der Waals surface area contributed by atoms with Crippen molar-refractivity contribution in [3.63, 3.8) is 0 Å². The molecule has 0 aromatic heterocycles. The van der Waals surface area contributed by atoms with E-state index in [9.17, 15) is 9.90 Å². The van der Waals surface area contributed by atoms with Crippen molar-refractivity contribution in [3.05, 3.63) is 71.8 Å². The summed E-state index contributed by atoms with van der Waals surface area (Å²) in [4.78, 5) is 11.3. The molecular formula is C23H28O6. The van der Waals surface area contributed by atoms with E-state index in [1.54, 1.807) is 0 Å². The van der Waals surface area contributed by atoms with Crippen LogP contribution in [-0.4, -0.2) is 42.3 Å². The molecule has 2 aromatic rings. The van der Waals surface area contributed by atoms with Gasteiger partial charge in [0.2, 0.25) is 0 Å². The molecule has 1 unspecified atom stereocenters. The molecule has 1 fully saturated rings. The molecule has 1 N–H and O–H groups in total. The third kappa shape index (κ3) is 6.11. The quantitative estimate of drug-likeness (QED) is 0.687. The Labute approximate surface area is 171 Å². The van der Waals surface area contributed by atoms with Crippen molar-refractivity contribution < 1.29 is 28.8 Å². The minimum atomic E-state index is -1.03. The first-order valence-corrected chi connectivity index (χ1v) is 9.82. The van der Waals surface area contributed by atoms with Gasteiger partial charge in [-0.3, -0.25) is 4.79 Å². The van der Waals surface area contributed by atoms with Gasteiger partial charge in [0.15, 0.2) is 6.29 Å². The molecule has 0 amide bonds. The maximum absolute atomic E-state index is 11.3. The largest absolute Gasteiger partial charge is 0.463 e. The van der Waals surface area contributed by atoms with Crippen molar-refractivity contribution in [2.45, 2.75) is 51.7 Å². The number of esters is 1. The Morgan fingerprint density at radius 1 is 0.931 bits per heavy atom. The highest BCUT2D eigenvalue weighted by atomic mass is 16.7. The van der Waals surface area contributed by atoms with E-state index in [2.05, 4.69) is 0 Å². The second-order valence-electron chi connectivity index (χ2n) is 7.25.